The molecule has 0 radical (unpaired) electrons. The van der Waals surface area contributed by atoms with E-state index < -0.39 is 0 Å². The standard InChI is InChI=1S/C25H28N4OS/c1-4-23-27-29-24(30)14-22(26-25(29)31-23)17-28(15-19-8-6-5-7-9-19)16-20-10-12-21(13-11-20)18(2)3/h5-14,18H,4,15-17H2,1-3H3. The number of aromatic nitrogens is 3. The molecule has 0 spiro atoms. The first-order chi connectivity index (χ1) is 15.0. The Morgan fingerprint density at radius 3 is 2.29 bits per heavy atom. The van der Waals surface area contributed by atoms with E-state index in [-0.39, 0.29) is 5.56 Å². The summed E-state index contributed by atoms with van der Waals surface area (Å²) in [4.78, 5) is 20.3. The molecule has 0 bridgehead atoms. The topological polar surface area (TPSA) is 50.5 Å². The van der Waals surface area contributed by atoms with Crippen LogP contribution in [-0.4, -0.2) is 19.5 Å². The summed E-state index contributed by atoms with van der Waals surface area (Å²) in [7, 11) is 0. The summed E-state index contributed by atoms with van der Waals surface area (Å²) >= 11 is 1.49. The number of fused-ring (bicyclic) bond motifs is 1. The zero-order chi connectivity index (χ0) is 21.8. The summed E-state index contributed by atoms with van der Waals surface area (Å²) in [5.74, 6) is 0.519. The summed E-state index contributed by atoms with van der Waals surface area (Å²) in [5, 5.41) is 5.28. The Bertz CT molecular complexity index is 1200. The highest BCUT2D eigenvalue weighted by Crippen LogP contribution is 2.18. The van der Waals surface area contributed by atoms with Gasteiger partial charge in [-0.2, -0.15) is 9.61 Å². The summed E-state index contributed by atoms with van der Waals surface area (Å²) in [5.41, 5.74) is 4.51. The Hall–Kier alpha value is -2.83. The van der Waals surface area contributed by atoms with Crippen LogP contribution in [0, 0.1) is 0 Å². The highest BCUT2D eigenvalue weighted by Gasteiger charge is 2.13. The van der Waals surface area contributed by atoms with Gasteiger partial charge in [0.15, 0.2) is 0 Å². The van der Waals surface area contributed by atoms with Crippen molar-refractivity contribution in [2.75, 3.05) is 0 Å². The second-order valence-electron chi connectivity index (χ2n) is 8.16. The Labute approximate surface area is 187 Å². The van der Waals surface area contributed by atoms with Crippen LogP contribution in [0.25, 0.3) is 4.96 Å². The van der Waals surface area contributed by atoms with Gasteiger partial charge in [-0.25, -0.2) is 4.98 Å². The monoisotopic (exact) mass is 432 g/mol. The molecule has 0 aliphatic rings. The zero-order valence-corrected chi connectivity index (χ0v) is 19.1. The maximum atomic E-state index is 12.6. The van der Waals surface area contributed by atoms with E-state index in [1.807, 2.05) is 13.0 Å². The van der Waals surface area contributed by atoms with E-state index in [2.05, 4.69) is 72.4 Å². The van der Waals surface area contributed by atoms with Crippen LogP contribution in [0.1, 0.15) is 54.1 Å². The van der Waals surface area contributed by atoms with Crippen LogP contribution in [-0.2, 0) is 26.1 Å². The smallest absolute Gasteiger partial charge is 0.275 e. The fourth-order valence-electron chi connectivity index (χ4n) is 3.62. The van der Waals surface area contributed by atoms with E-state index in [1.54, 1.807) is 6.07 Å². The maximum absolute atomic E-state index is 12.6. The summed E-state index contributed by atoms with van der Waals surface area (Å²) in [6.45, 7) is 8.64. The Morgan fingerprint density at radius 1 is 0.968 bits per heavy atom. The molecule has 2 heterocycles. The first-order valence-electron chi connectivity index (χ1n) is 10.8. The zero-order valence-electron chi connectivity index (χ0n) is 18.3. The number of rotatable bonds is 8. The van der Waals surface area contributed by atoms with Gasteiger partial charge in [-0.05, 0) is 29.0 Å². The van der Waals surface area contributed by atoms with Crippen molar-refractivity contribution in [1.82, 2.24) is 19.5 Å². The summed E-state index contributed by atoms with van der Waals surface area (Å²) in [6, 6.07) is 20.9. The quantitative estimate of drug-likeness (QED) is 0.391. The van der Waals surface area contributed by atoms with Gasteiger partial charge >= 0.3 is 0 Å². The van der Waals surface area contributed by atoms with Gasteiger partial charge in [-0.3, -0.25) is 9.69 Å². The van der Waals surface area contributed by atoms with E-state index in [4.69, 9.17) is 4.98 Å². The van der Waals surface area contributed by atoms with E-state index >= 15 is 0 Å². The van der Waals surface area contributed by atoms with Crippen molar-refractivity contribution in [3.63, 3.8) is 0 Å². The third-order valence-corrected chi connectivity index (χ3v) is 6.38. The molecule has 0 fully saturated rings. The molecular formula is C25H28N4OS. The molecule has 0 saturated heterocycles. The molecule has 4 rings (SSSR count). The van der Waals surface area contributed by atoms with Gasteiger partial charge in [0, 0.05) is 25.7 Å². The fourth-order valence-corrected chi connectivity index (χ4v) is 4.48. The lowest BCUT2D eigenvalue weighted by molar-refractivity contribution is 0.244. The number of nitrogens with zero attached hydrogens (tertiary/aromatic N) is 4. The summed E-state index contributed by atoms with van der Waals surface area (Å²) in [6.07, 6.45) is 0.801. The molecule has 0 aliphatic heterocycles. The lowest BCUT2D eigenvalue weighted by atomic mass is 10.0. The van der Waals surface area contributed by atoms with E-state index in [0.717, 1.165) is 30.2 Å². The van der Waals surface area contributed by atoms with Crippen LogP contribution in [0.15, 0.2) is 65.5 Å². The Balaban J connectivity index is 1.60. The molecule has 0 atom stereocenters. The summed E-state index contributed by atoms with van der Waals surface area (Å²) < 4.78 is 1.42. The van der Waals surface area contributed by atoms with E-state index in [1.165, 1.54) is 32.5 Å². The molecule has 160 valence electrons. The number of benzene rings is 2. The van der Waals surface area contributed by atoms with Crippen LogP contribution in [0.4, 0.5) is 0 Å². The number of hydrogen-bond acceptors (Lipinski definition) is 5. The molecule has 0 saturated carbocycles. The van der Waals surface area contributed by atoms with E-state index in [9.17, 15) is 4.79 Å². The van der Waals surface area contributed by atoms with Gasteiger partial charge in [0.1, 0.15) is 5.01 Å². The van der Waals surface area contributed by atoms with Gasteiger partial charge in [0.05, 0.1) is 5.69 Å². The fraction of sp³-hybridized carbons (Fsp3) is 0.320. The van der Waals surface area contributed by atoms with Gasteiger partial charge in [0.25, 0.3) is 5.56 Å². The van der Waals surface area contributed by atoms with Gasteiger partial charge in [-0.15, -0.1) is 0 Å². The van der Waals surface area contributed by atoms with Crippen molar-refractivity contribution >= 4 is 16.3 Å². The normalized spacial score (nSPS) is 11.6. The van der Waals surface area contributed by atoms with Crippen molar-refractivity contribution in [1.29, 1.82) is 0 Å². The van der Waals surface area contributed by atoms with Crippen molar-refractivity contribution in [2.24, 2.45) is 0 Å². The molecule has 6 heteroatoms. The number of aryl methyl sites for hydroxylation is 1. The molecule has 4 aromatic rings. The molecule has 0 amide bonds. The highest BCUT2D eigenvalue weighted by atomic mass is 32.1. The second kappa shape index (κ2) is 9.54. The van der Waals surface area contributed by atoms with Gasteiger partial charge in [-0.1, -0.05) is 86.7 Å². The third-order valence-electron chi connectivity index (χ3n) is 5.33. The average Bonchev–Trinajstić information content (AvgIpc) is 3.19. The largest absolute Gasteiger partial charge is 0.289 e. The molecule has 2 aromatic carbocycles. The molecule has 0 aliphatic carbocycles. The first kappa shape index (κ1) is 21.4. The van der Waals surface area contributed by atoms with Crippen LogP contribution in [0.5, 0.6) is 0 Å². The van der Waals surface area contributed by atoms with Crippen molar-refractivity contribution < 1.29 is 0 Å². The molecule has 5 nitrogen and oxygen atoms in total. The second-order valence-corrected chi connectivity index (χ2v) is 9.20. The van der Waals surface area contributed by atoms with Crippen LogP contribution in [0.3, 0.4) is 0 Å². The van der Waals surface area contributed by atoms with Crippen LogP contribution >= 0.6 is 11.3 Å². The molecule has 2 aromatic heterocycles. The van der Waals surface area contributed by atoms with Crippen molar-refractivity contribution in [2.45, 2.75) is 52.7 Å². The molecule has 0 unspecified atom stereocenters. The Morgan fingerprint density at radius 2 is 1.65 bits per heavy atom. The Kier molecular flexibility index (Phi) is 6.59. The minimum Gasteiger partial charge on any atom is -0.289 e. The molecule has 0 N–H and O–H groups in total. The third kappa shape index (κ3) is 5.27. The first-order valence-corrected chi connectivity index (χ1v) is 11.6. The highest BCUT2D eigenvalue weighted by molar-refractivity contribution is 7.16. The van der Waals surface area contributed by atoms with E-state index in [0.29, 0.717) is 17.4 Å². The van der Waals surface area contributed by atoms with Crippen molar-refractivity contribution in [3.8, 4) is 0 Å². The lowest BCUT2D eigenvalue weighted by Crippen LogP contribution is -2.25. The van der Waals surface area contributed by atoms with Gasteiger partial charge in [0.2, 0.25) is 4.96 Å². The lowest BCUT2D eigenvalue weighted by Gasteiger charge is -2.22. The average molecular weight is 433 g/mol. The number of hydrogen-bond donors (Lipinski definition) is 0. The minimum absolute atomic E-state index is 0.114. The van der Waals surface area contributed by atoms with Crippen LogP contribution in [0.2, 0.25) is 0 Å². The van der Waals surface area contributed by atoms with Crippen LogP contribution < -0.4 is 5.56 Å². The SMILES string of the molecule is CCc1nn2c(=O)cc(CN(Cc3ccccc3)Cc3ccc(C(C)C)cc3)nc2s1. The predicted molar refractivity (Wildman–Crippen MR) is 126 cm³/mol. The minimum atomic E-state index is -0.114. The van der Waals surface area contributed by atoms with Gasteiger partial charge < -0.3 is 0 Å². The van der Waals surface area contributed by atoms with Crippen molar-refractivity contribution in [3.05, 3.63) is 98.4 Å². The maximum Gasteiger partial charge on any atom is 0.275 e. The molecular weight excluding hydrogens is 404 g/mol. The predicted octanol–water partition coefficient (Wildman–Crippen LogP) is 5.04. The molecule has 31 heavy (non-hydrogen) atoms.